The van der Waals surface area contributed by atoms with Crippen molar-refractivity contribution in [1.82, 2.24) is 19.9 Å². The summed E-state index contributed by atoms with van der Waals surface area (Å²) in [7, 11) is 1.85. The second kappa shape index (κ2) is 6.23. The Labute approximate surface area is 152 Å². The number of carbonyl (C=O) groups excluding carboxylic acids is 2. The van der Waals surface area contributed by atoms with Gasteiger partial charge in [-0.15, -0.1) is 0 Å². The topological polar surface area (TPSA) is 79.5 Å². The Kier molecular flexibility index (Phi) is 4.01. The summed E-state index contributed by atoms with van der Waals surface area (Å²) >= 11 is 0. The number of likely N-dealkylation sites (N-methyl/N-ethyl adjacent to an activating group) is 1. The van der Waals surface area contributed by atoms with Crippen molar-refractivity contribution >= 4 is 11.8 Å². The van der Waals surface area contributed by atoms with Gasteiger partial charge in [-0.3, -0.25) is 9.59 Å². The quantitative estimate of drug-likeness (QED) is 0.832. The molecular weight excluding hydrogens is 332 g/mol. The normalized spacial score (nSPS) is 25.5. The van der Waals surface area contributed by atoms with E-state index in [1.165, 1.54) is 0 Å². The van der Waals surface area contributed by atoms with Gasteiger partial charge in [-0.2, -0.15) is 4.98 Å². The van der Waals surface area contributed by atoms with Crippen LogP contribution in [0.2, 0.25) is 0 Å². The van der Waals surface area contributed by atoms with Crippen molar-refractivity contribution < 1.29 is 14.1 Å². The van der Waals surface area contributed by atoms with E-state index >= 15 is 0 Å². The zero-order valence-electron chi connectivity index (χ0n) is 15.0. The highest BCUT2D eigenvalue weighted by molar-refractivity contribution is 5.89. The molecule has 26 heavy (non-hydrogen) atoms. The van der Waals surface area contributed by atoms with Gasteiger partial charge in [0.05, 0.1) is 5.41 Å². The van der Waals surface area contributed by atoms with Gasteiger partial charge in [0.15, 0.2) is 5.82 Å². The van der Waals surface area contributed by atoms with Crippen LogP contribution in [0.25, 0.3) is 0 Å². The number of nitrogens with zero attached hydrogens (tertiary/aromatic N) is 4. The molecule has 1 aromatic heterocycles. The zero-order valence-corrected chi connectivity index (χ0v) is 15.0. The van der Waals surface area contributed by atoms with E-state index in [2.05, 4.69) is 22.3 Å². The van der Waals surface area contributed by atoms with Gasteiger partial charge in [-0.1, -0.05) is 35.5 Å². The van der Waals surface area contributed by atoms with Crippen LogP contribution in [-0.2, 0) is 16.0 Å². The van der Waals surface area contributed by atoms with Crippen molar-refractivity contribution in [3.05, 3.63) is 47.6 Å². The van der Waals surface area contributed by atoms with Crippen LogP contribution in [0.5, 0.6) is 0 Å². The van der Waals surface area contributed by atoms with Crippen LogP contribution in [0, 0.1) is 12.3 Å². The van der Waals surface area contributed by atoms with E-state index < -0.39 is 5.41 Å². The SMILES string of the molecule is Cc1noc(CC(=O)N2CC[C@]3(C2)C(=O)N(C)C[C@H]3c2ccccc2)n1. The molecule has 1 spiro atoms. The second-order valence-corrected chi connectivity index (χ2v) is 7.28. The Bertz CT molecular complexity index is 834. The summed E-state index contributed by atoms with van der Waals surface area (Å²) in [6, 6.07) is 10.1. The van der Waals surface area contributed by atoms with E-state index in [4.69, 9.17) is 4.52 Å². The van der Waals surface area contributed by atoms with Crippen molar-refractivity contribution in [3.63, 3.8) is 0 Å². The summed E-state index contributed by atoms with van der Waals surface area (Å²) in [5.74, 6) is 1.00. The minimum Gasteiger partial charge on any atom is -0.345 e. The number of benzene rings is 1. The lowest BCUT2D eigenvalue weighted by Crippen LogP contribution is -2.39. The maximum Gasteiger partial charge on any atom is 0.236 e. The van der Waals surface area contributed by atoms with Crippen molar-refractivity contribution in [1.29, 1.82) is 0 Å². The standard InChI is InChI=1S/C19H22N4O3/c1-13-20-16(26-21-13)10-17(24)23-9-8-19(12-23)15(11-22(2)18(19)25)14-6-4-3-5-7-14/h3-7,15H,8-12H2,1-2H3/t15-,19+/m0/s1. The molecule has 2 atom stereocenters. The molecule has 0 unspecified atom stereocenters. The molecule has 2 saturated heterocycles. The highest BCUT2D eigenvalue weighted by Gasteiger charge is 2.57. The van der Waals surface area contributed by atoms with Crippen LogP contribution < -0.4 is 0 Å². The minimum absolute atomic E-state index is 0.0697. The zero-order chi connectivity index (χ0) is 18.3. The molecule has 0 saturated carbocycles. The Balaban J connectivity index is 1.56. The maximum atomic E-state index is 13.0. The molecule has 0 bridgehead atoms. The summed E-state index contributed by atoms with van der Waals surface area (Å²) in [6.07, 6.45) is 0.765. The Morgan fingerprint density at radius 2 is 2.12 bits per heavy atom. The fourth-order valence-corrected chi connectivity index (χ4v) is 4.33. The fourth-order valence-electron chi connectivity index (χ4n) is 4.33. The van der Waals surface area contributed by atoms with Gasteiger partial charge >= 0.3 is 0 Å². The van der Waals surface area contributed by atoms with Crippen molar-refractivity contribution in [3.8, 4) is 0 Å². The number of rotatable bonds is 3. The molecule has 0 N–H and O–H groups in total. The largest absolute Gasteiger partial charge is 0.345 e. The van der Waals surface area contributed by atoms with Crippen molar-refractivity contribution in [2.75, 3.05) is 26.7 Å². The van der Waals surface area contributed by atoms with Crippen molar-refractivity contribution in [2.45, 2.75) is 25.7 Å². The highest BCUT2D eigenvalue weighted by Crippen LogP contribution is 2.49. The summed E-state index contributed by atoms with van der Waals surface area (Å²) < 4.78 is 5.06. The van der Waals surface area contributed by atoms with Gasteiger partial charge in [-0.25, -0.2) is 0 Å². The minimum atomic E-state index is -0.531. The van der Waals surface area contributed by atoms with E-state index in [9.17, 15) is 9.59 Å². The lowest BCUT2D eigenvalue weighted by molar-refractivity contribution is -0.135. The van der Waals surface area contributed by atoms with E-state index in [1.54, 1.807) is 16.7 Å². The molecule has 7 nitrogen and oxygen atoms in total. The molecule has 0 radical (unpaired) electrons. The number of hydrogen-bond acceptors (Lipinski definition) is 5. The number of likely N-dealkylation sites (tertiary alicyclic amines) is 2. The number of aryl methyl sites for hydroxylation is 1. The molecule has 136 valence electrons. The third-order valence-corrected chi connectivity index (χ3v) is 5.62. The Morgan fingerprint density at radius 1 is 1.35 bits per heavy atom. The first-order chi connectivity index (χ1) is 12.5. The molecule has 3 heterocycles. The maximum absolute atomic E-state index is 13.0. The first-order valence-electron chi connectivity index (χ1n) is 8.87. The molecule has 7 heteroatoms. The summed E-state index contributed by atoms with van der Waals surface area (Å²) in [6.45, 7) is 3.43. The van der Waals surface area contributed by atoms with Crippen LogP contribution in [0.1, 0.15) is 29.6 Å². The first-order valence-corrected chi connectivity index (χ1v) is 8.87. The molecule has 4 rings (SSSR count). The summed E-state index contributed by atoms with van der Waals surface area (Å²) in [5.41, 5.74) is 0.628. The smallest absolute Gasteiger partial charge is 0.236 e. The number of carbonyl (C=O) groups is 2. The van der Waals surface area contributed by atoms with Gasteiger partial charge in [0.25, 0.3) is 0 Å². The molecule has 2 fully saturated rings. The highest BCUT2D eigenvalue weighted by atomic mass is 16.5. The Hall–Kier alpha value is -2.70. The molecule has 2 aliphatic rings. The molecule has 2 aromatic rings. The average Bonchev–Trinajstić information content (AvgIpc) is 3.32. The van der Waals surface area contributed by atoms with E-state index in [0.29, 0.717) is 37.8 Å². The second-order valence-electron chi connectivity index (χ2n) is 7.28. The lowest BCUT2D eigenvalue weighted by Gasteiger charge is -2.28. The summed E-state index contributed by atoms with van der Waals surface area (Å²) in [4.78, 5) is 33.3. The molecule has 2 aliphatic heterocycles. The van der Waals surface area contributed by atoms with Gasteiger partial charge in [0.2, 0.25) is 17.7 Å². The van der Waals surface area contributed by atoms with Gasteiger partial charge in [0.1, 0.15) is 6.42 Å². The number of aromatic nitrogens is 2. The van der Waals surface area contributed by atoms with E-state index in [1.807, 2.05) is 25.2 Å². The van der Waals surface area contributed by atoms with E-state index in [-0.39, 0.29) is 24.2 Å². The predicted octanol–water partition coefficient (Wildman–Crippen LogP) is 1.40. The monoisotopic (exact) mass is 354 g/mol. The average molecular weight is 354 g/mol. The van der Waals surface area contributed by atoms with Crippen LogP contribution in [0.15, 0.2) is 34.9 Å². The number of amides is 2. The van der Waals surface area contributed by atoms with Crippen molar-refractivity contribution in [2.24, 2.45) is 5.41 Å². The number of hydrogen-bond donors (Lipinski definition) is 0. The molecule has 0 aliphatic carbocycles. The summed E-state index contributed by atoms with van der Waals surface area (Å²) in [5, 5.41) is 3.72. The molecule has 1 aromatic carbocycles. The van der Waals surface area contributed by atoms with Crippen LogP contribution in [0.3, 0.4) is 0 Å². The van der Waals surface area contributed by atoms with Gasteiger partial charge in [0, 0.05) is 32.6 Å². The van der Waals surface area contributed by atoms with Crippen LogP contribution in [0.4, 0.5) is 0 Å². The van der Waals surface area contributed by atoms with Gasteiger partial charge < -0.3 is 14.3 Å². The van der Waals surface area contributed by atoms with Crippen LogP contribution in [-0.4, -0.2) is 58.4 Å². The molecular formula is C19H22N4O3. The Morgan fingerprint density at radius 3 is 2.81 bits per heavy atom. The third-order valence-electron chi connectivity index (χ3n) is 5.62. The third kappa shape index (κ3) is 2.67. The fraction of sp³-hybridized carbons (Fsp3) is 0.474. The van der Waals surface area contributed by atoms with Crippen LogP contribution >= 0.6 is 0 Å². The van der Waals surface area contributed by atoms with E-state index in [0.717, 1.165) is 5.56 Å². The lowest BCUT2D eigenvalue weighted by atomic mass is 9.73. The van der Waals surface area contributed by atoms with Gasteiger partial charge in [-0.05, 0) is 18.9 Å². The molecule has 2 amide bonds. The first kappa shape index (κ1) is 16.8. The predicted molar refractivity (Wildman–Crippen MR) is 93.2 cm³/mol.